The molecule has 0 nitrogen and oxygen atoms in total. The van der Waals surface area contributed by atoms with Crippen LogP contribution in [0.5, 0.6) is 0 Å². The molecule has 0 fully saturated rings. The smallest absolute Gasteiger partial charge is 0.0238 e. The molecule has 1 aliphatic carbocycles. The first-order chi connectivity index (χ1) is 5.84. The lowest BCUT2D eigenvalue weighted by atomic mass is 9.98. The van der Waals surface area contributed by atoms with E-state index in [1.165, 1.54) is 5.57 Å². The van der Waals surface area contributed by atoms with E-state index in [-0.39, 0.29) is 0 Å². The first-order valence-corrected chi connectivity index (χ1v) is 4.18. The van der Waals surface area contributed by atoms with Gasteiger partial charge in [0.2, 0.25) is 0 Å². The van der Waals surface area contributed by atoms with Crippen LogP contribution in [-0.4, -0.2) is 0 Å². The third kappa shape index (κ3) is 2.39. The Morgan fingerprint density at radius 2 is 2.33 bits per heavy atom. The lowest BCUT2D eigenvalue weighted by molar-refractivity contribution is 0.979. The van der Waals surface area contributed by atoms with Crippen LogP contribution in [0.1, 0.15) is 12.8 Å². The molecule has 0 aromatic carbocycles. The van der Waals surface area contributed by atoms with Crippen molar-refractivity contribution < 1.29 is 0 Å². The highest BCUT2D eigenvalue weighted by molar-refractivity contribution is 5.41. The molecule has 0 heteroatoms. The van der Waals surface area contributed by atoms with Gasteiger partial charge >= 0.3 is 0 Å². The zero-order chi connectivity index (χ0) is 8.81. The van der Waals surface area contributed by atoms with Crippen LogP contribution in [-0.2, 0) is 0 Å². The molecule has 62 valence electrons. The minimum absolute atomic E-state index is 1.10. The summed E-state index contributed by atoms with van der Waals surface area (Å²) in [6.45, 7) is 7.60. The van der Waals surface area contributed by atoms with Crippen molar-refractivity contribution in [2.45, 2.75) is 12.8 Å². The van der Waals surface area contributed by atoms with Gasteiger partial charge in [-0.15, -0.1) is 0 Å². The Morgan fingerprint density at radius 3 is 2.92 bits per heavy atom. The fourth-order valence-electron chi connectivity index (χ4n) is 1.16. The van der Waals surface area contributed by atoms with Crippen molar-refractivity contribution in [1.82, 2.24) is 0 Å². The monoisotopic (exact) mass is 158 g/mol. The number of hydrogen-bond donors (Lipinski definition) is 0. The van der Waals surface area contributed by atoms with Crippen LogP contribution >= 0.6 is 0 Å². The summed E-state index contributed by atoms with van der Waals surface area (Å²) in [4.78, 5) is 0. The third-order valence-electron chi connectivity index (χ3n) is 1.86. The molecule has 0 amide bonds. The molecule has 1 rings (SSSR count). The van der Waals surface area contributed by atoms with Crippen molar-refractivity contribution in [3.05, 3.63) is 60.8 Å². The zero-order valence-corrected chi connectivity index (χ0v) is 7.29. The fourth-order valence-corrected chi connectivity index (χ4v) is 1.16. The maximum Gasteiger partial charge on any atom is -0.0238 e. The second-order valence-corrected chi connectivity index (χ2v) is 2.78. The van der Waals surface area contributed by atoms with Crippen LogP contribution < -0.4 is 0 Å². The molecule has 12 heavy (non-hydrogen) atoms. The van der Waals surface area contributed by atoms with E-state index >= 15 is 0 Å². The molecule has 0 radical (unpaired) electrons. The molecule has 0 saturated carbocycles. The fraction of sp³-hybridized carbons (Fsp3) is 0.167. The van der Waals surface area contributed by atoms with Crippen molar-refractivity contribution in [2.75, 3.05) is 0 Å². The highest BCUT2D eigenvalue weighted by atomic mass is 14.0. The van der Waals surface area contributed by atoms with Crippen molar-refractivity contribution in [2.24, 2.45) is 0 Å². The Hall–Kier alpha value is -1.30. The van der Waals surface area contributed by atoms with Gasteiger partial charge in [0.25, 0.3) is 0 Å². The SMILES string of the molecule is C=C/C=C\C(=C)C1=CC=CCC1. The Kier molecular flexibility index (Phi) is 3.34. The van der Waals surface area contributed by atoms with E-state index in [0.29, 0.717) is 0 Å². The van der Waals surface area contributed by atoms with E-state index in [1.54, 1.807) is 6.08 Å². The van der Waals surface area contributed by atoms with E-state index in [2.05, 4.69) is 31.4 Å². The number of allylic oxidation sites excluding steroid dienone is 8. The maximum absolute atomic E-state index is 3.98. The Balaban J connectivity index is 2.63. The summed E-state index contributed by atoms with van der Waals surface area (Å²) in [5, 5.41) is 0. The summed E-state index contributed by atoms with van der Waals surface area (Å²) >= 11 is 0. The van der Waals surface area contributed by atoms with E-state index in [0.717, 1.165) is 18.4 Å². The summed E-state index contributed by atoms with van der Waals surface area (Å²) in [6, 6.07) is 0. The van der Waals surface area contributed by atoms with Gasteiger partial charge in [0.1, 0.15) is 0 Å². The molecule has 0 aromatic heterocycles. The Labute approximate surface area is 74.3 Å². The van der Waals surface area contributed by atoms with Crippen LogP contribution in [0.3, 0.4) is 0 Å². The van der Waals surface area contributed by atoms with E-state index in [9.17, 15) is 0 Å². The molecular weight excluding hydrogens is 144 g/mol. The van der Waals surface area contributed by atoms with Crippen molar-refractivity contribution in [3.8, 4) is 0 Å². The highest BCUT2D eigenvalue weighted by Crippen LogP contribution is 2.19. The average molecular weight is 158 g/mol. The van der Waals surface area contributed by atoms with Gasteiger partial charge in [0, 0.05) is 0 Å². The molecule has 0 aliphatic heterocycles. The van der Waals surface area contributed by atoms with E-state index in [4.69, 9.17) is 0 Å². The van der Waals surface area contributed by atoms with Gasteiger partial charge in [0.05, 0.1) is 0 Å². The molecular formula is C12H14. The molecule has 0 N–H and O–H groups in total. The lowest BCUT2D eigenvalue weighted by Gasteiger charge is -2.07. The summed E-state index contributed by atoms with van der Waals surface area (Å²) in [6.07, 6.45) is 14.3. The van der Waals surface area contributed by atoms with Crippen LogP contribution in [0, 0.1) is 0 Å². The number of rotatable bonds is 3. The van der Waals surface area contributed by atoms with Gasteiger partial charge in [0.15, 0.2) is 0 Å². The second kappa shape index (κ2) is 4.55. The second-order valence-electron chi connectivity index (χ2n) is 2.78. The van der Waals surface area contributed by atoms with Gasteiger partial charge in [-0.25, -0.2) is 0 Å². The zero-order valence-electron chi connectivity index (χ0n) is 7.29. The predicted octanol–water partition coefficient (Wildman–Crippen LogP) is 3.56. The van der Waals surface area contributed by atoms with Gasteiger partial charge in [-0.3, -0.25) is 0 Å². The molecule has 0 aromatic rings. The molecule has 1 aliphatic rings. The normalized spacial score (nSPS) is 16.2. The quantitative estimate of drug-likeness (QED) is 0.551. The van der Waals surface area contributed by atoms with E-state index < -0.39 is 0 Å². The van der Waals surface area contributed by atoms with Crippen LogP contribution in [0.15, 0.2) is 60.8 Å². The van der Waals surface area contributed by atoms with E-state index in [1.807, 2.05) is 12.2 Å². The largest absolute Gasteiger partial charge is 0.0991 e. The highest BCUT2D eigenvalue weighted by Gasteiger charge is 1.99. The number of hydrogen-bond acceptors (Lipinski definition) is 0. The molecule has 0 unspecified atom stereocenters. The van der Waals surface area contributed by atoms with Crippen molar-refractivity contribution in [3.63, 3.8) is 0 Å². The molecule has 0 spiro atoms. The van der Waals surface area contributed by atoms with Crippen LogP contribution in [0.2, 0.25) is 0 Å². The summed E-state index contributed by atoms with van der Waals surface area (Å²) < 4.78 is 0. The van der Waals surface area contributed by atoms with Gasteiger partial charge in [-0.1, -0.05) is 49.6 Å². The Bertz CT molecular complexity index is 262. The third-order valence-corrected chi connectivity index (χ3v) is 1.86. The first kappa shape index (κ1) is 8.79. The summed E-state index contributed by atoms with van der Waals surface area (Å²) in [5.41, 5.74) is 2.43. The van der Waals surface area contributed by atoms with Crippen molar-refractivity contribution in [1.29, 1.82) is 0 Å². The minimum atomic E-state index is 1.10. The van der Waals surface area contributed by atoms with Gasteiger partial charge in [-0.2, -0.15) is 0 Å². The van der Waals surface area contributed by atoms with Crippen LogP contribution in [0.25, 0.3) is 0 Å². The van der Waals surface area contributed by atoms with Crippen molar-refractivity contribution >= 4 is 0 Å². The summed E-state index contributed by atoms with van der Waals surface area (Å²) in [5.74, 6) is 0. The maximum atomic E-state index is 3.98. The molecule has 0 saturated heterocycles. The minimum Gasteiger partial charge on any atom is -0.0991 e. The predicted molar refractivity (Wildman–Crippen MR) is 54.9 cm³/mol. The van der Waals surface area contributed by atoms with Gasteiger partial charge < -0.3 is 0 Å². The molecule has 0 bridgehead atoms. The standard InChI is InChI=1S/C12H14/c1-3-4-8-11(2)12-9-6-5-7-10-12/h3-6,8-9H,1-2,7,10H2/b8-4-. The first-order valence-electron chi connectivity index (χ1n) is 4.18. The lowest BCUT2D eigenvalue weighted by Crippen LogP contribution is -1.88. The van der Waals surface area contributed by atoms with Gasteiger partial charge in [-0.05, 0) is 24.0 Å². The van der Waals surface area contributed by atoms with Crippen LogP contribution in [0.4, 0.5) is 0 Å². The topological polar surface area (TPSA) is 0 Å². The molecule has 0 heterocycles. The average Bonchev–Trinajstić information content (AvgIpc) is 2.15. The Morgan fingerprint density at radius 1 is 1.50 bits per heavy atom. The molecule has 0 atom stereocenters. The summed E-state index contributed by atoms with van der Waals surface area (Å²) in [7, 11) is 0.